The van der Waals surface area contributed by atoms with Gasteiger partial charge in [-0.15, -0.1) is 0 Å². The van der Waals surface area contributed by atoms with Crippen molar-refractivity contribution in [2.75, 3.05) is 0 Å². The van der Waals surface area contributed by atoms with Crippen LogP contribution in [0.15, 0.2) is 29.3 Å². The predicted octanol–water partition coefficient (Wildman–Crippen LogP) is 0.588. The average Bonchev–Trinajstić information content (AvgIpc) is 2.70. The van der Waals surface area contributed by atoms with E-state index < -0.39 is 0 Å². The quantitative estimate of drug-likeness (QED) is 0.726. The molecule has 0 aliphatic heterocycles. The van der Waals surface area contributed by atoms with Crippen LogP contribution in [0, 0.1) is 0 Å². The fourth-order valence-electron chi connectivity index (χ4n) is 1.37. The fraction of sp³-hybridized carbons (Fsp3) is 0.100. The van der Waals surface area contributed by atoms with Gasteiger partial charge >= 0.3 is 0 Å². The predicted molar refractivity (Wildman–Crippen MR) is 54.7 cm³/mol. The van der Waals surface area contributed by atoms with Crippen LogP contribution in [0.4, 0.5) is 0 Å². The van der Waals surface area contributed by atoms with Crippen LogP contribution >= 0.6 is 0 Å². The molecule has 5 nitrogen and oxygen atoms in total. The molecule has 0 bridgehead atoms. The van der Waals surface area contributed by atoms with E-state index in [-0.39, 0.29) is 5.56 Å². The number of pyridine rings is 1. The molecular formula is C10H9N3O2. The molecule has 15 heavy (non-hydrogen) atoms. The average molecular weight is 203 g/mol. The third-order valence-corrected chi connectivity index (χ3v) is 2.18. The molecule has 1 N–H and O–H groups in total. The first kappa shape index (κ1) is 9.39. The number of aryl methyl sites for hydroxylation is 1. The Kier molecular flexibility index (Phi) is 2.21. The standard InChI is InChI=1S/C10H9N3O2/c1-13-5-7(2-3-10(13)15)8-4-11-12-9(8)6-14/h2-6H,1H3,(H,11,12). The minimum absolute atomic E-state index is 0.0881. The highest BCUT2D eigenvalue weighted by Crippen LogP contribution is 2.18. The first-order chi connectivity index (χ1) is 7.22. The van der Waals surface area contributed by atoms with Gasteiger partial charge in [-0.25, -0.2) is 0 Å². The number of hydrogen-bond acceptors (Lipinski definition) is 3. The third-order valence-electron chi connectivity index (χ3n) is 2.18. The lowest BCUT2D eigenvalue weighted by atomic mass is 10.1. The van der Waals surface area contributed by atoms with Crippen LogP contribution in [-0.4, -0.2) is 21.1 Å². The van der Waals surface area contributed by atoms with Crippen molar-refractivity contribution in [1.82, 2.24) is 14.8 Å². The fourth-order valence-corrected chi connectivity index (χ4v) is 1.37. The Bertz CT molecular complexity index is 554. The summed E-state index contributed by atoms with van der Waals surface area (Å²) in [6, 6.07) is 3.12. The largest absolute Gasteiger partial charge is 0.318 e. The minimum atomic E-state index is -0.0881. The number of H-pyrrole nitrogens is 1. The Morgan fingerprint density at radius 3 is 2.93 bits per heavy atom. The van der Waals surface area contributed by atoms with E-state index in [1.54, 1.807) is 25.5 Å². The Morgan fingerprint density at radius 2 is 2.27 bits per heavy atom. The Morgan fingerprint density at radius 1 is 1.47 bits per heavy atom. The zero-order valence-corrected chi connectivity index (χ0v) is 8.10. The number of carbonyl (C=O) groups excluding carboxylic acids is 1. The summed E-state index contributed by atoms with van der Waals surface area (Å²) in [4.78, 5) is 21.8. The summed E-state index contributed by atoms with van der Waals surface area (Å²) >= 11 is 0. The first-order valence-corrected chi connectivity index (χ1v) is 4.38. The van der Waals surface area contributed by atoms with Crippen molar-refractivity contribution in [1.29, 1.82) is 0 Å². The second kappa shape index (κ2) is 3.53. The number of carbonyl (C=O) groups is 1. The van der Waals surface area contributed by atoms with E-state index in [2.05, 4.69) is 10.2 Å². The second-order valence-electron chi connectivity index (χ2n) is 3.18. The number of nitrogens with zero attached hydrogens (tertiary/aromatic N) is 2. The number of rotatable bonds is 2. The molecule has 2 aromatic rings. The van der Waals surface area contributed by atoms with Crippen LogP contribution in [0.1, 0.15) is 10.5 Å². The molecule has 0 saturated heterocycles. The van der Waals surface area contributed by atoms with Gasteiger partial charge in [-0.2, -0.15) is 5.10 Å². The van der Waals surface area contributed by atoms with Gasteiger partial charge in [0.05, 0.1) is 6.20 Å². The number of hydrogen-bond donors (Lipinski definition) is 1. The second-order valence-corrected chi connectivity index (χ2v) is 3.18. The summed E-state index contributed by atoms with van der Waals surface area (Å²) in [6.45, 7) is 0. The van der Waals surface area contributed by atoms with Gasteiger partial charge in [-0.3, -0.25) is 14.7 Å². The topological polar surface area (TPSA) is 67.8 Å². The summed E-state index contributed by atoms with van der Waals surface area (Å²) in [5.74, 6) is 0. The van der Waals surface area contributed by atoms with Gasteiger partial charge < -0.3 is 4.57 Å². The SMILES string of the molecule is Cn1cc(-c2cn[nH]c2C=O)ccc1=O. The highest BCUT2D eigenvalue weighted by atomic mass is 16.1. The van der Waals surface area contributed by atoms with Gasteiger partial charge in [-0.05, 0) is 6.07 Å². The van der Waals surface area contributed by atoms with E-state index >= 15 is 0 Å². The van der Waals surface area contributed by atoms with Crippen LogP contribution in [0.2, 0.25) is 0 Å². The van der Waals surface area contributed by atoms with Crippen molar-refractivity contribution in [3.8, 4) is 11.1 Å². The Hall–Kier alpha value is -2.17. The van der Waals surface area contributed by atoms with E-state index in [0.29, 0.717) is 17.5 Å². The molecule has 0 aromatic carbocycles. The summed E-state index contributed by atoms with van der Waals surface area (Å²) in [7, 11) is 1.66. The molecule has 0 fully saturated rings. The van der Waals surface area contributed by atoms with Crippen LogP contribution in [0.3, 0.4) is 0 Å². The Balaban J connectivity index is 2.59. The lowest BCUT2D eigenvalue weighted by Crippen LogP contribution is -2.13. The van der Waals surface area contributed by atoms with Gasteiger partial charge in [0.2, 0.25) is 5.56 Å². The number of aromatic nitrogens is 3. The molecule has 0 aliphatic carbocycles. The van der Waals surface area contributed by atoms with Crippen molar-refractivity contribution in [2.24, 2.45) is 7.05 Å². The van der Waals surface area contributed by atoms with Crippen molar-refractivity contribution in [3.63, 3.8) is 0 Å². The molecule has 2 aromatic heterocycles. The molecule has 2 heterocycles. The molecule has 5 heteroatoms. The molecule has 0 spiro atoms. The van der Waals surface area contributed by atoms with Crippen LogP contribution in [0.25, 0.3) is 11.1 Å². The molecule has 0 radical (unpaired) electrons. The maximum absolute atomic E-state index is 11.2. The highest BCUT2D eigenvalue weighted by molar-refractivity contribution is 5.84. The smallest absolute Gasteiger partial charge is 0.250 e. The molecule has 76 valence electrons. The van der Waals surface area contributed by atoms with Crippen LogP contribution in [-0.2, 0) is 7.05 Å². The Labute approximate surface area is 85.4 Å². The molecule has 0 saturated carbocycles. The normalized spacial score (nSPS) is 10.2. The van der Waals surface area contributed by atoms with Crippen LogP contribution in [0.5, 0.6) is 0 Å². The van der Waals surface area contributed by atoms with Gasteiger partial charge in [0.25, 0.3) is 0 Å². The lowest BCUT2D eigenvalue weighted by molar-refractivity contribution is 0.111. The summed E-state index contributed by atoms with van der Waals surface area (Å²) in [5.41, 5.74) is 1.80. The highest BCUT2D eigenvalue weighted by Gasteiger charge is 2.06. The third kappa shape index (κ3) is 1.59. The number of nitrogens with one attached hydrogen (secondary N) is 1. The van der Waals surface area contributed by atoms with Crippen molar-refractivity contribution >= 4 is 6.29 Å². The summed E-state index contributed by atoms with van der Waals surface area (Å²) in [5, 5.41) is 6.36. The van der Waals surface area contributed by atoms with E-state index in [4.69, 9.17) is 0 Å². The monoisotopic (exact) mass is 203 g/mol. The maximum atomic E-state index is 11.2. The van der Waals surface area contributed by atoms with Gasteiger partial charge in [0.1, 0.15) is 5.69 Å². The molecule has 0 unspecified atom stereocenters. The van der Waals surface area contributed by atoms with E-state index in [1.807, 2.05) is 0 Å². The zero-order valence-electron chi connectivity index (χ0n) is 8.10. The van der Waals surface area contributed by atoms with Gasteiger partial charge in [0.15, 0.2) is 6.29 Å². The summed E-state index contributed by atoms with van der Waals surface area (Å²) in [6.07, 6.45) is 3.93. The van der Waals surface area contributed by atoms with E-state index in [1.165, 1.54) is 10.6 Å². The minimum Gasteiger partial charge on any atom is -0.318 e. The molecule has 0 aliphatic rings. The molecular weight excluding hydrogens is 194 g/mol. The lowest BCUT2D eigenvalue weighted by Gasteiger charge is -2.01. The maximum Gasteiger partial charge on any atom is 0.250 e. The first-order valence-electron chi connectivity index (χ1n) is 4.38. The summed E-state index contributed by atoms with van der Waals surface area (Å²) < 4.78 is 1.46. The zero-order chi connectivity index (χ0) is 10.8. The van der Waals surface area contributed by atoms with Crippen molar-refractivity contribution in [2.45, 2.75) is 0 Å². The van der Waals surface area contributed by atoms with E-state index in [0.717, 1.165) is 5.56 Å². The molecule has 0 atom stereocenters. The van der Waals surface area contributed by atoms with E-state index in [9.17, 15) is 9.59 Å². The van der Waals surface area contributed by atoms with Gasteiger partial charge in [-0.1, -0.05) is 0 Å². The van der Waals surface area contributed by atoms with Crippen LogP contribution < -0.4 is 5.56 Å². The number of aldehydes is 1. The number of aromatic amines is 1. The molecule has 2 rings (SSSR count). The van der Waals surface area contributed by atoms with Crippen molar-refractivity contribution in [3.05, 3.63) is 40.6 Å². The van der Waals surface area contributed by atoms with Crippen molar-refractivity contribution < 1.29 is 4.79 Å². The molecule has 0 amide bonds. The van der Waals surface area contributed by atoms with Gasteiger partial charge in [0, 0.05) is 30.4 Å².